The summed E-state index contributed by atoms with van der Waals surface area (Å²) in [5.74, 6) is 0.211. The number of anilines is 1. The Balaban J connectivity index is 2.25. The molecule has 0 unspecified atom stereocenters. The lowest BCUT2D eigenvalue weighted by Gasteiger charge is -2.14. The minimum atomic E-state index is -3.56. The Hall–Kier alpha value is -1.93. The third kappa shape index (κ3) is 3.83. The molecule has 0 bridgehead atoms. The molecule has 6 nitrogen and oxygen atoms in total. The zero-order valence-electron chi connectivity index (χ0n) is 12.1. The van der Waals surface area contributed by atoms with Gasteiger partial charge in [-0.2, -0.15) is 0 Å². The van der Waals surface area contributed by atoms with Crippen LogP contribution in [0.25, 0.3) is 0 Å². The highest BCUT2D eigenvalue weighted by Crippen LogP contribution is 2.28. The van der Waals surface area contributed by atoms with Gasteiger partial charge in [-0.05, 0) is 17.5 Å². The van der Waals surface area contributed by atoms with Gasteiger partial charge < -0.3 is 5.32 Å². The van der Waals surface area contributed by atoms with Crippen molar-refractivity contribution in [3.8, 4) is 0 Å². The summed E-state index contributed by atoms with van der Waals surface area (Å²) < 4.78 is 23.7. The number of sulfone groups is 1. The molecule has 0 aliphatic carbocycles. The molecule has 1 aromatic heterocycles. The summed E-state index contributed by atoms with van der Waals surface area (Å²) >= 11 is 1.63. The maximum Gasteiger partial charge on any atom is 0.270 e. The molecule has 0 saturated carbocycles. The van der Waals surface area contributed by atoms with Gasteiger partial charge in [-0.3, -0.25) is 10.1 Å². The molecule has 8 heteroatoms. The Morgan fingerprint density at radius 1 is 1.36 bits per heavy atom. The van der Waals surface area contributed by atoms with E-state index in [0.717, 1.165) is 12.3 Å². The SMILES string of the molecule is C[C@H](CNc1ccc([N+](=O)[O-])cc1S(C)(=O)=O)c1cccs1. The van der Waals surface area contributed by atoms with E-state index in [1.807, 2.05) is 24.4 Å². The van der Waals surface area contributed by atoms with E-state index in [1.54, 1.807) is 11.3 Å². The van der Waals surface area contributed by atoms with Crippen molar-refractivity contribution in [2.45, 2.75) is 17.7 Å². The van der Waals surface area contributed by atoms with E-state index >= 15 is 0 Å². The predicted octanol–water partition coefficient (Wildman–Crippen LogP) is 3.28. The lowest BCUT2D eigenvalue weighted by atomic mass is 10.1. The summed E-state index contributed by atoms with van der Waals surface area (Å²) in [6.07, 6.45) is 1.04. The standard InChI is InChI=1S/C14H16N2O4S2/c1-10(13-4-3-7-21-13)9-15-12-6-5-11(16(17)18)8-14(12)22(2,19)20/h3-8,10,15H,9H2,1-2H3/t10-/m1/s1. The monoisotopic (exact) mass is 340 g/mol. The number of benzene rings is 1. The Kier molecular flexibility index (Phi) is 4.82. The minimum absolute atomic E-state index is 0.0555. The van der Waals surface area contributed by atoms with Crippen LogP contribution in [0.15, 0.2) is 40.6 Å². The first-order chi connectivity index (χ1) is 10.3. The van der Waals surface area contributed by atoms with Crippen LogP contribution in [0.3, 0.4) is 0 Å². The summed E-state index contributed by atoms with van der Waals surface area (Å²) in [5.41, 5.74) is 0.147. The van der Waals surface area contributed by atoms with Crippen LogP contribution in [0, 0.1) is 10.1 Å². The van der Waals surface area contributed by atoms with Crippen LogP contribution in [-0.2, 0) is 9.84 Å². The van der Waals surface area contributed by atoms with Crippen molar-refractivity contribution in [1.29, 1.82) is 0 Å². The summed E-state index contributed by atoms with van der Waals surface area (Å²) in [4.78, 5) is 11.3. The van der Waals surface area contributed by atoms with Crippen molar-refractivity contribution >= 4 is 32.5 Å². The normalized spacial score (nSPS) is 12.8. The molecule has 1 N–H and O–H groups in total. The number of nitro benzene ring substituents is 1. The van der Waals surface area contributed by atoms with E-state index < -0.39 is 14.8 Å². The summed E-state index contributed by atoms with van der Waals surface area (Å²) in [5, 5.41) is 15.9. The van der Waals surface area contributed by atoms with Crippen molar-refractivity contribution < 1.29 is 13.3 Å². The smallest absolute Gasteiger partial charge is 0.270 e. The topological polar surface area (TPSA) is 89.3 Å². The van der Waals surface area contributed by atoms with Crippen LogP contribution < -0.4 is 5.32 Å². The summed E-state index contributed by atoms with van der Waals surface area (Å²) in [6.45, 7) is 2.57. The van der Waals surface area contributed by atoms with E-state index in [-0.39, 0.29) is 16.5 Å². The van der Waals surface area contributed by atoms with Gasteiger partial charge in [0.2, 0.25) is 0 Å². The van der Waals surface area contributed by atoms with Gasteiger partial charge in [0.1, 0.15) is 0 Å². The third-order valence-electron chi connectivity index (χ3n) is 3.20. The highest BCUT2D eigenvalue weighted by Gasteiger charge is 2.19. The quantitative estimate of drug-likeness (QED) is 0.644. The van der Waals surface area contributed by atoms with Gasteiger partial charge >= 0.3 is 0 Å². The second-order valence-electron chi connectivity index (χ2n) is 5.01. The number of hydrogen-bond acceptors (Lipinski definition) is 6. The molecule has 0 amide bonds. The van der Waals surface area contributed by atoms with Crippen LogP contribution in [0.5, 0.6) is 0 Å². The number of non-ortho nitro benzene ring substituents is 1. The van der Waals surface area contributed by atoms with Crippen LogP contribution in [0.1, 0.15) is 17.7 Å². The van der Waals surface area contributed by atoms with E-state index in [0.29, 0.717) is 12.2 Å². The number of thiophene rings is 1. The third-order valence-corrected chi connectivity index (χ3v) is 5.44. The molecular formula is C14H16N2O4S2. The number of nitrogens with one attached hydrogen (secondary N) is 1. The summed E-state index contributed by atoms with van der Waals surface area (Å²) in [6, 6.07) is 7.81. The van der Waals surface area contributed by atoms with Gasteiger partial charge in [0.15, 0.2) is 9.84 Å². The molecule has 0 spiro atoms. The van der Waals surface area contributed by atoms with E-state index in [2.05, 4.69) is 5.32 Å². The average Bonchev–Trinajstić information content (AvgIpc) is 2.97. The Morgan fingerprint density at radius 2 is 2.09 bits per heavy atom. The Bertz CT molecular complexity index is 770. The molecule has 0 radical (unpaired) electrons. The van der Waals surface area contributed by atoms with Crippen LogP contribution in [0.4, 0.5) is 11.4 Å². The first-order valence-electron chi connectivity index (χ1n) is 6.55. The molecule has 0 fully saturated rings. The zero-order chi connectivity index (χ0) is 16.3. The van der Waals surface area contributed by atoms with Crippen molar-refractivity contribution in [1.82, 2.24) is 0 Å². The van der Waals surface area contributed by atoms with Gasteiger partial charge in [-0.25, -0.2) is 8.42 Å². The van der Waals surface area contributed by atoms with Gasteiger partial charge in [0.25, 0.3) is 5.69 Å². The maximum absolute atomic E-state index is 11.8. The molecule has 2 aromatic rings. The molecule has 2 rings (SSSR count). The maximum atomic E-state index is 11.8. The molecule has 22 heavy (non-hydrogen) atoms. The lowest BCUT2D eigenvalue weighted by molar-refractivity contribution is -0.385. The average molecular weight is 340 g/mol. The first-order valence-corrected chi connectivity index (χ1v) is 9.32. The molecule has 0 aliphatic heterocycles. The molecule has 0 aliphatic rings. The fourth-order valence-electron chi connectivity index (χ4n) is 2.01. The number of rotatable bonds is 6. The fourth-order valence-corrected chi connectivity index (χ4v) is 3.67. The minimum Gasteiger partial charge on any atom is -0.383 e. The molecule has 118 valence electrons. The second-order valence-corrected chi connectivity index (χ2v) is 7.97. The molecule has 0 saturated heterocycles. The molecule has 1 aromatic carbocycles. The van der Waals surface area contributed by atoms with Crippen LogP contribution in [-0.4, -0.2) is 26.1 Å². The lowest BCUT2D eigenvalue weighted by Crippen LogP contribution is -2.12. The largest absolute Gasteiger partial charge is 0.383 e. The Labute approximate surface area is 132 Å². The Morgan fingerprint density at radius 3 is 2.64 bits per heavy atom. The summed E-state index contributed by atoms with van der Waals surface area (Å²) in [7, 11) is -3.56. The number of nitrogens with zero attached hydrogens (tertiary/aromatic N) is 1. The predicted molar refractivity (Wildman–Crippen MR) is 87.4 cm³/mol. The van der Waals surface area contributed by atoms with E-state index in [1.165, 1.54) is 17.0 Å². The van der Waals surface area contributed by atoms with Gasteiger partial charge in [0.05, 0.1) is 15.5 Å². The van der Waals surface area contributed by atoms with E-state index in [9.17, 15) is 18.5 Å². The van der Waals surface area contributed by atoms with Crippen molar-refractivity contribution in [3.05, 3.63) is 50.7 Å². The van der Waals surface area contributed by atoms with Crippen molar-refractivity contribution in [3.63, 3.8) is 0 Å². The molecule has 1 atom stereocenters. The van der Waals surface area contributed by atoms with E-state index in [4.69, 9.17) is 0 Å². The first kappa shape index (κ1) is 16.4. The fraction of sp³-hybridized carbons (Fsp3) is 0.286. The zero-order valence-corrected chi connectivity index (χ0v) is 13.8. The highest BCUT2D eigenvalue weighted by molar-refractivity contribution is 7.90. The highest BCUT2D eigenvalue weighted by atomic mass is 32.2. The second kappa shape index (κ2) is 6.45. The van der Waals surface area contributed by atoms with Gasteiger partial charge in [-0.15, -0.1) is 11.3 Å². The van der Waals surface area contributed by atoms with Gasteiger partial charge in [-0.1, -0.05) is 13.0 Å². The number of hydrogen-bond donors (Lipinski definition) is 1. The number of nitro groups is 1. The van der Waals surface area contributed by atoms with Crippen LogP contribution in [0.2, 0.25) is 0 Å². The van der Waals surface area contributed by atoms with Crippen molar-refractivity contribution in [2.75, 3.05) is 18.1 Å². The molecule has 1 heterocycles. The van der Waals surface area contributed by atoms with Gasteiger partial charge in [0, 0.05) is 35.7 Å². The van der Waals surface area contributed by atoms with Crippen LogP contribution >= 0.6 is 11.3 Å². The van der Waals surface area contributed by atoms with Crippen molar-refractivity contribution in [2.24, 2.45) is 0 Å². The molecular weight excluding hydrogens is 324 g/mol.